The number of aryl methyl sites for hydroxylation is 2. The first-order valence-corrected chi connectivity index (χ1v) is 6.23. The fourth-order valence-electron chi connectivity index (χ4n) is 1.77. The first-order valence-electron chi connectivity index (χ1n) is 5.43. The molecule has 1 aromatic carbocycles. The number of aromatic nitrogens is 2. The molecule has 1 heterocycles. The van der Waals surface area contributed by atoms with Gasteiger partial charge in [-0.05, 0) is 37.6 Å². The van der Waals surface area contributed by atoms with Crippen molar-refractivity contribution in [3.8, 4) is 11.4 Å². The Balaban J connectivity index is 2.48. The molecule has 2 aromatic rings. The Bertz CT molecular complexity index is 585. The minimum Gasteiger partial charge on any atom is -0.464 e. The zero-order valence-electron chi connectivity index (χ0n) is 10.4. The fourth-order valence-corrected chi connectivity index (χ4v) is 2.37. The van der Waals surface area contributed by atoms with Gasteiger partial charge in [0.25, 0.3) is 0 Å². The van der Waals surface area contributed by atoms with Crippen LogP contribution in [0.5, 0.6) is 0 Å². The van der Waals surface area contributed by atoms with E-state index in [0.717, 1.165) is 15.6 Å². The highest BCUT2D eigenvalue weighted by Crippen LogP contribution is 2.24. The number of H-pyrrole nitrogens is 1. The van der Waals surface area contributed by atoms with E-state index < -0.39 is 5.97 Å². The van der Waals surface area contributed by atoms with Crippen molar-refractivity contribution >= 4 is 21.9 Å². The Kier molecular flexibility index (Phi) is 3.52. The van der Waals surface area contributed by atoms with Crippen molar-refractivity contribution in [1.82, 2.24) is 9.97 Å². The number of halogens is 1. The van der Waals surface area contributed by atoms with Crippen LogP contribution in [-0.2, 0) is 4.74 Å². The lowest BCUT2D eigenvalue weighted by molar-refractivity contribution is 0.0594. The molecule has 0 amide bonds. The van der Waals surface area contributed by atoms with Crippen LogP contribution in [-0.4, -0.2) is 23.0 Å². The van der Waals surface area contributed by atoms with Crippen LogP contribution in [0, 0.1) is 13.8 Å². The molecular weight excluding hydrogens is 296 g/mol. The number of hydrogen-bond donors (Lipinski definition) is 1. The highest BCUT2D eigenvalue weighted by atomic mass is 79.9. The summed E-state index contributed by atoms with van der Waals surface area (Å²) < 4.78 is 5.66. The fraction of sp³-hybridized carbons (Fsp3) is 0.231. The van der Waals surface area contributed by atoms with Gasteiger partial charge in [-0.1, -0.05) is 15.9 Å². The molecule has 0 aliphatic heterocycles. The molecule has 1 N–H and O–H groups in total. The van der Waals surface area contributed by atoms with Gasteiger partial charge in [0, 0.05) is 15.7 Å². The Morgan fingerprint density at radius 1 is 1.33 bits per heavy atom. The molecule has 1 aromatic heterocycles. The Hall–Kier alpha value is -1.62. The lowest BCUT2D eigenvalue weighted by Crippen LogP contribution is -2.03. The van der Waals surface area contributed by atoms with Gasteiger partial charge in [0.15, 0.2) is 5.69 Å². The summed E-state index contributed by atoms with van der Waals surface area (Å²) in [7, 11) is 1.35. The first-order chi connectivity index (χ1) is 8.51. The quantitative estimate of drug-likeness (QED) is 0.867. The molecule has 94 valence electrons. The molecule has 0 aliphatic carbocycles. The van der Waals surface area contributed by atoms with Crippen molar-refractivity contribution in [3.63, 3.8) is 0 Å². The lowest BCUT2D eigenvalue weighted by Gasteiger charge is -2.00. The Labute approximate surface area is 114 Å². The summed E-state index contributed by atoms with van der Waals surface area (Å²) in [5, 5.41) is 0. The topological polar surface area (TPSA) is 55.0 Å². The normalized spacial score (nSPS) is 10.4. The largest absolute Gasteiger partial charge is 0.464 e. The second kappa shape index (κ2) is 4.94. The van der Waals surface area contributed by atoms with Gasteiger partial charge in [0.05, 0.1) is 7.11 Å². The molecule has 5 heteroatoms. The maximum atomic E-state index is 11.5. The van der Waals surface area contributed by atoms with Gasteiger partial charge >= 0.3 is 5.97 Å². The van der Waals surface area contributed by atoms with Gasteiger partial charge < -0.3 is 9.72 Å². The van der Waals surface area contributed by atoms with Gasteiger partial charge in [-0.15, -0.1) is 0 Å². The molecule has 0 aliphatic rings. The van der Waals surface area contributed by atoms with Crippen LogP contribution in [0.3, 0.4) is 0 Å². The molecule has 0 saturated carbocycles. The van der Waals surface area contributed by atoms with E-state index in [-0.39, 0.29) is 0 Å². The van der Waals surface area contributed by atoms with Crippen LogP contribution in [0.4, 0.5) is 0 Å². The van der Waals surface area contributed by atoms with E-state index in [1.165, 1.54) is 7.11 Å². The predicted molar refractivity (Wildman–Crippen MR) is 72.5 cm³/mol. The molecule has 0 unspecified atom stereocenters. The number of aromatic amines is 1. The molecule has 0 fully saturated rings. The number of hydrogen-bond acceptors (Lipinski definition) is 3. The lowest BCUT2D eigenvalue weighted by atomic mass is 10.1. The van der Waals surface area contributed by atoms with Crippen LogP contribution in [0.25, 0.3) is 11.4 Å². The maximum Gasteiger partial charge on any atom is 0.358 e. The zero-order valence-corrected chi connectivity index (χ0v) is 12.0. The van der Waals surface area contributed by atoms with E-state index in [4.69, 9.17) is 0 Å². The van der Waals surface area contributed by atoms with E-state index in [1.807, 2.05) is 25.1 Å². The van der Waals surface area contributed by atoms with Gasteiger partial charge in [-0.2, -0.15) is 0 Å². The van der Waals surface area contributed by atoms with Crippen LogP contribution >= 0.6 is 15.9 Å². The summed E-state index contributed by atoms with van der Waals surface area (Å²) in [4.78, 5) is 18.9. The summed E-state index contributed by atoms with van der Waals surface area (Å²) in [6.45, 7) is 3.80. The van der Waals surface area contributed by atoms with Crippen molar-refractivity contribution in [1.29, 1.82) is 0 Å². The molecule has 2 rings (SSSR count). The minimum atomic E-state index is -0.429. The van der Waals surface area contributed by atoms with Gasteiger partial charge in [-0.25, -0.2) is 9.78 Å². The minimum absolute atomic E-state index is 0.324. The summed E-state index contributed by atoms with van der Waals surface area (Å²) >= 11 is 3.44. The molecule has 0 bridgehead atoms. The van der Waals surface area contributed by atoms with Gasteiger partial charge in [0.1, 0.15) is 5.82 Å². The van der Waals surface area contributed by atoms with Crippen molar-refractivity contribution < 1.29 is 9.53 Å². The third-order valence-corrected chi connectivity index (χ3v) is 3.04. The molecule has 0 atom stereocenters. The van der Waals surface area contributed by atoms with E-state index >= 15 is 0 Å². The summed E-state index contributed by atoms with van der Waals surface area (Å²) in [6, 6.07) is 5.97. The number of imidazole rings is 1. The highest BCUT2D eigenvalue weighted by molar-refractivity contribution is 9.10. The second-order valence-electron chi connectivity index (χ2n) is 4.07. The van der Waals surface area contributed by atoms with Gasteiger partial charge in [0.2, 0.25) is 0 Å². The van der Waals surface area contributed by atoms with Crippen molar-refractivity contribution in [2.45, 2.75) is 13.8 Å². The van der Waals surface area contributed by atoms with Crippen LogP contribution in [0.2, 0.25) is 0 Å². The molecular formula is C13H13BrN2O2. The molecule has 0 saturated heterocycles. The molecule has 0 radical (unpaired) electrons. The van der Waals surface area contributed by atoms with Crippen LogP contribution < -0.4 is 0 Å². The first kappa shape index (κ1) is 12.8. The number of rotatable bonds is 2. The molecule has 4 nitrogen and oxygen atoms in total. The number of methoxy groups -OCH3 is 1. The number of esters is 1. The van der Waals surface area contributed by atoms with Crippen molar-refractivity contribution in [2.75, 3.05) is 7.11 Å². The van der Waals surface area contributed by atoms with E-state index in [1.54, 1.807) is 6.92 Å². The Morgan fingerprint density at radius 3 is 2.67 bits per heavy atom. The monoisotopic (exact) mass is 308 g/mol. The molecule has 0 spiro atoms. The highest BCUT2D eigenvalue weighted by Gasteiger charge is 2.16. The van der Waals surface area contributed by atoms with Crippen molar-refractivity contribution in [2.24, 2.45) is 0 Å². The average molecular weight is 309 g/mol. The van der Waals surface area contributed by atoms with E-state index in [9.17, 15) is 4.79 Å². The SMILES string of the molecule is COC(=O)c1nc(-c2cc(C)cc(Br)c2)[nH]c1C. The predicted octanol–water partition coefficient (Wildman–Crippen LogP) is 3.24. The van der Waals surface area contributed by atoms with Gasteiger partial charge in [-0.3, -0.25) is 0 Å². The standard InChI is InChI=1S/C13H13BrN2O2/c1-7-4-9(6-10(14)5-7)12-15-8(2)11(16-12)13(17)18-3/h4-6H,1-3H3,(H,15,16). The van der Waals surface area contributed by atoms with Crippen molar-refractivity contribution in [3.05, 3.63) is 39.6 Å². The zero-order chi connectivity index (χ0) is 13.3. The van der Waals surface area contributed by atoms with E-state index in [0.29, 0.717) is 17.2 Å². The molecule has 18 heavy (non-hydrogen) atoms. The average Bonchev–Trinajstić information content (AvgIpc) is 2.69. The summed E-state index contributed by atoms with van der Waals surface area (Å²) in [5.74, 6) is 0.235. The summed E-state index contributed by atoms with van der Waals surface area (Å²) in [6.07, 6.45) is 0. The second-order valence-corrected chi connectivity index (χ2v) is 4.98. The maximum absolute atomic E-state index is 11.5. The summed E-state index contributed by atoms with van der Waals surface area (Å²) in [5.41, 5.74) is 3.08. The smallest absolute Gasteiger partial charge is 0.358 e. The van der Waals surface area contributed by atoms with E-state index in [2.05, 4.69) is 30.6 Å². The number of carbonyl (C=O) groups is 1. The Morgan fingerprint density at radius 2 is 2.06 bits per heavy atom. The third-order valence-electron chi connectivity index (χ3n) is 2.58. The number of nitrogens with one attached hydrogen (secondary N) is 1. The van der Waals surface area contributed by atoms with Crippen LogP contribution in [0.15, 0.2) is 22.7 Å². The third kappa shape index (κ3) is 2.46. The number of carbonyl (C=O) groups excluding carboxylic acids is 1. The number of nitrogens with zero attached hydrogens (tertiary/aromatic N) is 1. The number of ether oxygens (including phenoxy) is 1. The number of benzene rings is 1. The van der Waals surface area contributed by atoms with Crippen LogP contribution in [0.1, 0.15) is 21.7 Å².